The Morgan fingerprint density at radius 3 is 2.81 bits per heavy atom. The lowest BCUT2D eigenvalue weighted by atomic mass is 10.2. The smallest absolute Gasteiger partial charge is 0.222 e. The summed E-state index contributed by atoms with van der Waals surface area (Å²) in [4.78, 5) is 10.6. The third-order valence-corrected chi connectivity index (χ3v) is 2.86. The number of hydrogen-bond acceptors (Lipinski definition) is 5. The number of aromatic nitrogens is 2. The molecule has 1 aromatic heterocycles. The molecular weight excluding hydrogens is 202 g/mol. The number of nitrogens with two attached hydrogens (primary N) is 1. The minimum absolute atomic E-state index is 0.324. The van der Waals surface area contributed by atoms with Crippen molar-refractivity contribution >= 4 is 11.8 Å². The maximum absolute atomic E-state index is 5.69. The second-order valence-corrected chi connectivity index (χ2v) is 4.01. The Hall–Kier alpha value is -1.62. The second kappa shape index (κ2) is 4.09. The molecule has 1 aliphatic heterocycles. The third kappa shape index (κ3) is 1.86. The van der Waals surface area contributed by atoms with Crippen LogP contribution >= 0.6 is 0 Å². The SMILES string of the molecule is C=C1CNCCN1c1nc(N)nc(C)c1C. The van der Waals surface area contributed by atoms with Crippen molar-refractivity contribution in [1.29, 1.82) is 0 Å². The largest absolute Gasteiger partial charge is 0.368 e. The number of aryl methyl sites for hydroxylation is 1. The summed E-state index contributed by atoms with van der Waals surface area (Å²) < 4.78 is 0. The predicted octanol–water partition coefficient (Wildman–Crippen LogP) is 0.599. The van der Waals surface area contributed by atoms with Crippen LogP contribution in [0.4, 0.5) is 11.8 Å². The molecule has 1 saturated heterocycles. The molecule has 0 aromatic carbocycles. The maximum Gasteiger partial charge on any atom is 0.222 e. The first-order valence-corrected chi connectivity index (χ1v) is 5.36. The highest BCUT2D eigenvalue weighted by atomic mass is 15.3. The van der Waals surface area contributed by atoms with Gasteiger partial charge in [-0.3, -0.25) is 0 Å². The number of nitrogens with zero attached hydrogens (tertiary/aromatic N) is 3. The lowest BCUT2D eigenvalue weighted by Crippen LogP contribution is -2.42. The van der Waals surface area contributed by atoms with Crippen LogP contribution in [0.2, 0.25) is 0 Å². The Bertz CT molecular complexity index is 427. The van der Waals surface area contributed by atoms with E-state index in [-0.39, 0.29) is 0 Å². The Balaban J connectivity index is 2.42. The van der Waals surface area contributed by atoms with Gasteiger partial charge in [0, 0.05) is 36.6 Å². The average Bonchev–Trinajstić information content (AvgIpc) is 2.24. The molecule has 2 rings (SSSR count). The van der Waals surface area contributed by atoms with Crippen LogP contribution in [-0.2, 0) is 0 Å². The van der Waals surface area contributed by atoms with E-state index >= 15 is 0 Å². The van der Waals surface area contributed by atoms with Gasteiger partial charge in [-0.15, -0.1) is 0 Å². The third-order valence-electron chi connectivity index (χ3n) is 2.86. The average molecular weight is 219 g/mol. The highest BCUT2D eigenvalue weighted by molar-refractivity contribution is 5.55. The van der Waals surface area contributed by atoms with Gasteiger partial charge in [-0.05, 0) is 13.8 Å². The normalized spacial score (nSPS) is 16.6. The zero-order valence-corrected chi connectivity index (χ0v) is 9.75. The van der Waals surface area contributed by atoms with Crippen molar-refractivity contribution in [2.45, 2.75) is 13.8 Å². The minimum Gasteiger partial charge on any atom is -0.368 e. The van der Waals surface area contributed by atoms with Gasteiger partial charge in [0.15, 0.2) is 0 Å². The molecule has 0 amide bonds. The topological polar surface area (TPSA) is 67.1 Å². The van der Waals surface area contributed by atoms with Gasteiger partial charge in [0.2, 0.25) is 5.95 Å². The molecule has 5 nitrogen and oxygen atoms in total. The van der Waals surface area contributed by atoms with Gasteiger partial charge in [-0.2, -0.15) is 4.98 Å². The molecule has 5 heteroatoms. The van der Waals surface area contributed by atoms with E-state index in [9.17, 15) is 0 Å². The Labute approximate surface area is 95.4 Å². The minimum atomic E-state index is 0.324. The van der Waals surface area contributed by atoms with Gasteiger partial charge < -0.3 is 16.0 Å². The van der Waals surface area contributed by atoms with E-state index in [0.29, 0.717) is 5.95 Å². The summed E-state index contributed by atoms with van der Waals surface area (Å²) >= 11 is 0. The molecule has 2 heterocycles. The van der Waals surface area contributed by atoms with Crippen LogP contribution in [0.1, 0.15) is 11.3 Å². The molecule has 0 unspecified atom stereocenters. The zero-order valence-electron chi connectivity index (χ0n) is 9.75. The molecule has 1 fully saturated rings. The van der Waals surface area contributed by atoms with Gasteiger partial charge >= 0.3 is 0 Å². The summed E-state index contributed by atoms with van der Waals surface area (Å²) in [7, 11) is 0. The number of nitrogen functional groups attached to an aromatic ring is 1. The second-order valence-electron chi connectivity index (χ2n) is 4.01. The van der Waals surface area contributed by atoms with Gasteiger partial charge in [0.1, 0.15) is 5.82 Å². The first-order chi connectivity index (χ1) is 7.59. The molecule has 0 radical (unpaired) electrons. The Morgan fingerprint density at radius 1 is 1.38 bits per heavy atom. The van der Waals surface area contributed by atoms with Crippen LogP contribution in [0.25, 0.3) is 0 Å². The van der Waals surface area contributed by atoms with Crippen molar-refractivity contribution in [3.63, 3.8) is 0 Å². The van der Waals surface area contributed by atoms with E-state index in [1.54, 1.807) is 0 Å². The molecule has 0 aliphatic carbocycles. The van der Waals surface area contributed by atoms with Crippen molar-refractivity contribution in [3.05, 3.63) is 23.5 Å². The molecule has 86 valence electrons. The molecular formula is C11H17N5. The number of nitrogens with one attached hydrogen (secondary N) is 1. The summed E-state index contributed by atoms with van der Waals surface area (Å²) in [5.41, 5.74) is 8.70. The fourth-order valence-electron chi connectivity index (χ4n) is 1.83. The Kier molecular flexibility index (Phi) is 2.78. The lowest BCUT2D eigenvalue weighted by Gasteiger charge is -2.31. The first-order valence-electron chi connectivity index (χ1n) is 5.36. The van der Waals surface area contributed by atoms with Crippen LogP contribution in [0.15, 0.2) is 12.3 Å². The number of anilines is 2. The summed E-state index contributed by atoms with van der Waals surface area (Å²) in [5, 5.41) is 3.27. The molecule has 3 N–H and O–H groups in total. The molecule has 1 aromatic rings. The highest BCUT2D eigenvalue weighted by Crippen LogP contribution is 2.23. The standard InChI is InChI=1S/C11H17N5/c1-7-6-13-4-5-16(7)10-8(2)9(3)14-11(12)15-10/h13H,1,4-6H2,2-3H3,(H2,12,14,15). The van der Waals surface area contributed by atoms with Crippen LogP contribution < -0.4 is 16.0 Å². The molecule has 1 aliphatic rings. The van der Waals surface area contributed by atoms with Crippen molar-refractivity contribution in [2.75, 3.05) is 30.3 Å². The van der Waals surface area contributed by atoms with E-state index in [4.69, 9.17) is 5.73 Å². The van der Waals surface area contributed by atoms with Crippen molar-refractivity contribution in [3.8, 4) is 0 Å². The fraction of sp³-hybridized carbons (Fsp3) is 0.455. The first kappa shape index (κ1) is 10.9. The number of hydrogen-bond donors (Lipinski definition) is 2. The van der Waals surface area contributed by atoms with Crippen molar-refractivity contribution in [2.24, 2.45) is 0 Å². The summed E-state index contributed by atoms with van der Waals surface area (Å²) in [6.45, 7) is 10.6. The maximum atomic E-state index is 5.69. The number of piperazine rings is 1. The predicted molar refractivity (Wildman–Crippen MR) is 65.3 cm³/mol. The van der Waals surface area contributed by atoms with Crippen LogP contribution in [0.5, 0.6) is 0 Å². The Morgan fingerprint density at radius 2 is 2.12 bits per heavy atom. The van der Waals surface area contributed by atoms with Gasteiger partial charge in [-0.25, -0.2) is 4.98 Å². The molecule has 0 spiro atoms. The lowest BCUT2D eigenvalue weighted by molar-refractivity contribution is 0.642. The van der Waals surface area contributed by atoms with Crippen LogP contribution in [0, 0.1) is 13.8 Å². The van der Waals surface area contributed by atoms with E-state index in [0.717, 1.165) is 42.4 Å². The summed E-state index contributed by atoms with van der Waals surface area (Å²) in [6.07, 6.45) is 0. The van der Waals surface area contributed by atoms with Gasteiger partial charge in [-0.1, -0.05) is 6.58 Å². The van der Waals surface area contributed by atoms with E-state index in [1.807, 2.05) is 13.8 Å². The molecule has 0 saturated carbocycles. The molecule has 0 atom stereocenters. The van der Waals surface area contributed by atoms with Crippen LogP contribution in [0.3, 0.4) is 0 Å². The molecule has 0 bridgehead atoms. The molecule has 16 heavy (non-hydrogen) atoms. The van der Waals surface area contributed by atoms with Gasteiger partial charge in [0.05, 0.1) is 0 Å². The monoisotopic (exact) mass is 219 g/mol. The quantitative estimate of drug-likeness (QED) is 0.724. The van der Waals surface area contributed by atoms with Crippen molar-refractivity contribution in [1.82, 2.24) is 15.3 Å². The van der Waals surface area contributed by atoms with Crippen LogP contribution in [-0.4, -0.2) is 29.6 Å². The zero-order chi connectivity index (χ0) is 11.7. The van der Waals surface area contributed by atoms with Gasteiger partial charge in [0.25, 0.3) is 0 Å². The summed E-state index contributed by atoms with van der Waals surface area (Å²) in [6, 6.07) is 0. The van der Waals surface area contributed by atoms with E-state index < -0.39 is 0 Å². The fourth-order valence-corrected chi connectivity index (χ4v) is 1.83. The summed E-state index contributed by atoms with van der Waals surface area (Å²) in [5.74, 6) is 1.21. The highest BCUT2D eigenvalue weighted by Gasteiger charge is 2.19. The van der Waals surface area contributed by atoms with Crippen molar-refractivity contribution < 1.29 is 0 Å². The van der Waals surface area contributed by atoms with E-state index in [1.165, 1.54) is 0 Å². The van der Waals surface area contributed by atoms with E-state index in [2.05, 4.69) is 26.8 Å². The number of rotatable bonds is 1.